The zero-order chi connectivity index (χ0) is 19.1. The van der Waals surface area contributed by atoms with E-state index < -0.39 is 0 Å². The van der Waals surface area contributed by atoms with Crippen LogP contribution in [0.3, 0.4) is 0 Å². The molecule has 0 spiro atoms. The number of halogens is 1. The van der Waals surface area contributed by atoms with Crippen LogP contribution in [0.2, 0.25) is 0 Å². The summed E-state index contributed by atoms with van der Waals surface area (Å²) < 4.78 is 2.89. The summed E-state index contributed by atoms with van der Waals surface area (Å²) >= 11 is 3.51. The monoisotopic (exact) mass is 420 g/mol. The van der Waals surface area contributed by atoms with Crippen LogP contribution < -0.4 is 4.90 Å². The van der Waals surface area contributed by atoms with Crippen molar-refractivity contribution in [1.29, 1.82) is 0 Å². The largest absolute Gasteiger partial charge is 0.311 e. The average molecular weight is 421 g/mol. The Balaban J connectivity index is 2.11. The molecule has 0 unspecified atom stereocenters. The Hall–Kier alpha value is -1.66. The van der Waals surface area contributed by atoms with Crippen LogP contribution in [0.15, 0.2) is 34.8 Å². The highest BCUT2D eigenvalue weighted by Crippen LogP contribution is 2.21. The van der Waals surface area contributed by atoms with Gasteiger partial charge in [-0.1, -0.05) is 35.8 Å². The molecule has 5 nitrogen and oxygen atoms in total. The Morgan fingerprint density at radius 2 is 1.88 bits per heavy atom. The van der Waals surface area contributed by atoms with E-state index in [0.717, 1.165) is 41.2 Å². The molecule has 0 saturated heterocycles. The molecular weight excluding hydrogens is 392 g/mol. The van der Waals surface area contributed by atoms with Crippen LogP contribution >= 0.6 is 15.9 Å². The first-order valence-corrected chi connectivity index (χ1v) is 10.0. The first-order valence-electron chi connectivity index (χ1n) is 9.24. The molecular formula is C20H29BrN4O. The molecule has 0 N–H and O–H groups in total. The second kappa shape index (κ2) is 9.88. The van der Waals surface area contributed by atoms with Gasteiger partial charge in [0, 0.05) is 41.9 Å². The Morgan fingerprint density at radius 3 is 2.46 bits per heavy atom. The molecule has 142 valence electrons. The molecule has 0 radical (unpaired) electrons. The van der Waals surface area contributed by atoms with E-state index in [-0.39, 0.29) is 5.91 Å². The number of anilines is 1. The molecule has 0 saturated carbocycles. The van der Waals surface area contributed by atoms with Crippen molar-refractivity contribution in [3.8, 4) is 0 Å². The van der Waals surface area contributed by atoms with Gasteiger partial charge in [0.15, 0.2) is 0 Å². The van der Waals surface area contributed by atoms with E-state index in [9.17, 15) is 4.79 Å². The molecule has 0 aliphatic heterocycles. The van der Waals surface area contributed by atoms with Gasteiger partial charge < -0.3 is 9.80 Å². The Bertz CT molecular complexity index is 724. The number of hydrogen-bond acceptors (Lipinski definition) is 3. The minimum Gasteiger partial charge on any atom is -0.311 e. The van der Waals surface area contributed by atoms with E-state index in [1.54, 1.807) is 0 Å². The van der Waals surface area contributed by atoms with E-state index in [1.807, 2.05) is 53.8 Å². The number of nitrogens with zero attached hydrogens (tertiary/aromatic N) is 4. The smallest absolute Gasteiger partial charge is 0.228 e. The standard InChI is InChI=1S/C20H29BrN4O/c1-5-23(6-2)12-13-24(19-9-7-8-18(21)15-19)20(26)10-11-25-17(4)14-16(3)22-25/h7-9,14-15H,5-6,10-13H2,1-4H3. The molecule has 26 heavy (non-hydrogen) atoms. The Kier molecular flexibility index (Phi) is 7.85. The summed E-state index contributed by atoms with van der Waals surface area (Å²) in [5.41, 5.74) is 3.01. The van der Waals surface area contributed by atoms with Crippen LogP contribution in [0.25, 0.3) is 0 Å². The number of carbonyl (C=O) groups excluding carboxylic acids is 1. The van der Waals surface area contributed by atoms with E-state index in [1.165, 1.54) is 0 Å². The summed E-state index contributed by atoms with van der Waals surface area (Å²) in [5, 5.41) is 4.46. The predicted molar refractivity (Wildman–Crippen MR) is 111 cm³/mol. The third kappa shape index (κ3) is 5.68. The minimum atomic E-state index is 0.128. The lowest BCUT2D eigenvalue weighted by molar-refractivity contribution is -0.118. The molecule has 0 fully saturated rings. The molecule has 0 atom stereocenters. The van der Waals surface area contributed by atoms with Crippen molar-refractivity contribution in [2.45, 2.75) is 40.7 Å². The van der Waals surface area contributed by atoms with Gasteiger partial charge in [0.2, 0.25) is 5.91 Å². The third-order valence-corrected chi connectivity index (χ3v) is 5.09. The van der Waals surface area contributed by atoms with Crippen molar-refractivity contribution in [3.63, 3.8) is 0 Å². The maximum absolute atomic E-state index is 13.0. The molecule has 0 bridgehead atoms. The van der Waals surface area contributed by atoms with Crippen molar-refractivity contribution >= 4 is 27.5 Å². The van der Waals surface area contributed by atoms with Crippen LogP contribution in [0.5, 0.6) is 0 Å². The summed E-state index contributed by atoms with van der Waals surface area (Å²) in [5.74, 6) is 0.128. The van der Waals surface area contributed by atoms with E-state index in [4.69, 9.17) is 0 Å². The SMILES string of the molecule is CCN(CC)CCN(C(=O)CCn1nc(C)cc1C)c1cccc(Br)c1. The second-order valence-corrected chi connectivity index (χ2v) is 7.37. The highest BCUT2D eigenvalue weighted by molar-refractivity contribution is 9.10. The van der Waals surface area contributed by atoms with Crippen LogP contribution in [0.4, 0.5) is 5.69 Å². The molecule has 6 heteroatoms. The number of likely N-dealkylation sites (N-methyl/N-ethyl adjacent to an activating group) is 1. The quantitative estimate of drug-likeness (QED) is 0.614. The lowest BCUT2D eigenvalue weighted by atomic mass is 10.2. The fourth-order valence-corrected chi connectivity index (χ4v) is 3.45. The lowest BCUT2D eigenvalue weighted by Gasteiger charge is -2.27. The minimum absolute atomic E-state index is 0.128. The predicted octanol–water partition coefficient (Wildman–Crippen LogP) is 4.03. The molecule has 1 heterocycles. The van der Waals surface area contributed by atoms with E-state index in [0.29, 0.717) is 19.5 Å². The van der Waals surface area contributed by atoms with Gasteiger partial charge in [0.25, 0.3) is 0 Å². The van der Waals surface area contributed by atoms with Crippen LogP contribution in [0.1, 0.15) is 31.7 Å². The molecule has 1 amide bonds. The maximum atomic E-state index is 13.0. The lowest BCUT2D eigenvalue weighted by Crippen LogP contribution is -2.39. The highest BCUT2D eigenvalue weighted by Gasteiger charge is 2.17. The third-order valence-electron chi connectivity index (χ3n) is 4.60. The van der Waals surface area contributed by atoms with Crippen molar-refractivity contribution < 1.29 is 4.79 Å². The number of benzene rings is 1. The number of aromatic nitrogens is 2. The summed E-state index contributed by atoms with van der Waals surface area (Å²) in [6.07, 6.45) is 0.437. The first-order chi connectivity index (χ1) is 12.4. The summed E-state index contributed by atoms with van der Waals surface area (Å²) in [7, 11) is 0. The van der Waals surface area contributed by atoms with Gasteiger partial charge in [0.1, 0.15) is 0 Å². The summed E-state index contributed by atoms with van der Waals surface area (Å²) in [6.45, 7) is 12.4. The zero-order valence-electron chi connectivity index (χ0n) is 16.2. The van der Waals surface area contributed by atoms with Crippen molar-refractivity contribution in [3.05, 3.63) is 46.2 Å². The normalized spacial score (nSPS) is 11.2. The van der Waals surface area contributed by atoms with Gasteiger partial charge in [-0.05, 0) is 51.2 Å². The summed E-state index contributed by atoms with van der Waals surface area (Å²) in [4.78, 5) is 17.2. The second-order valence-electron chi connectivity index (χ2n) is 6.45. The summed E-state index contributed by atoms with van der Waals surface area (Å²) in [6, 6.07) is 9.99. The van der Waals surface area contributed by atoms with Crippen molar-refractivity contribution in [2.24, 2.45) is 0 Å². The van der Waals surface area contributed by atoms with Crippen molar-refractivity contribution in [2.75, 3.05) is 31.1 Å². The van der Waals surface area contributed by atoms with Gasteiger partial charge in [0.05, 0.1) is 5.69 Å². The molecule has 0 aliphatic rings. The number of rotatable bonds is 9. The number of carbonyl (C=O) groups is 1. The van der Waals surface area contributed by atoms with Crippen LogP contribution in [-0.4, -0.2) is 46.8 Å². The number of aryl methyl sites for hydroxylation is 3. The molecule has 1 aromatic heterocycles. The fourth-order valence-electron chi connectivity index (χ4n) is 3.06. The van der Waals surface area contributed by atoms with Gasteiger partial charge in [-0.2, -0.15) is 5.10 Å². The number of amides is 1. The average Bonchev–Trinajstić information content (AvgIpc) is 2.94. The highest BCUT2D eigenvalue weighted by atomic mass is 79.9. The van der Waals surface area contributed by atoms with Gasteiger partial charge in [-0.3, -0.25) is 9.48 Å². The van der Waals surface area contributed by atoms with E-state index >= 15 is 0 Å². The molecule has 0 aliphatic carbocycles. The van der Waals surface area contributed by atoms with Gasteiger partial charge in [-0.25, -0.2) is 0 Å². The van der Waals surface area contributed by atoms with Crippen LogP contribution in [0, 0.1) is 13.8 Å². The van der Waals surface area contributed by atoms with Gasteiger partial charge >= 0.3 is 0 Å². The Labute approximate surface area is 165 Å². The molecule has 2 aromatic rings. The van der Waals surface area contributed by atoms with Gasteiger partial charge in [-0.15, -0.1) is 0 Å². The first kappa shape index (κ1) is 20.6. The zero-order valence-corrected chi connectivity index (χ0v) is 17.8. The topological polar surface area (TPSA) is 41.4 Å². The molecule has 1 aromatic carbocycles. The fraction of sp³-hybridized carbons (Fsp3) is 0.500. The Morgan fingerprint density at radius 1 is 1.15 bits per heavy atom. The number of hydrogen-bond donors (Lipinski definition) is 0. The maximum Gasteiger partial charge on any atom is 0.228 e. The van der Waals surface area contributed by atoms with Crippen molar-refractivity contribution in [1.82, 2.24) is 14.7 Å². The molecule has 2 rings (SSSR count). The van der Waals surface area contributed by atoms with E-state index in [2.05, 4.69) is 39.8 Å². The van der Waals surface area contributed by atoms with Crippen LogP contribution in [-0.2, 0) is 11.3 Å².